The quantitative estimate of drug-likeness (QED) is 0.603. The number of benzene rings is 2. The van der Waals surface area contributed by atoms with Crippen molar-refractivity contribution in [2.45, 2.75) is 19.1 Å². The van der Waals surface area contributed by atoms with Crippen LogP contribution in [0.2, 0.25) is 0 Å². The summed E-state index contributed by atoms with van der Waals surface area (Å²) in [6, 6.07) is 15.1. The highest BCUT2D eigenvalue weighted by molar-refractivity contribution is 5.92. The van der Waals surface area contributed by atoms with E-state index < -0.39 is 23.1 Å². The van der Waals surface area contributed by atoms with Crippen LogP contribution in [-0.4, -0.2) is 52.2 Å². The third-order valence-corrected chi connectivity index (χ3v) is 5.76. The van der Waals surface area contributed by atoms with Gasteiger partial charge in [-0.2, -0.15) is 18.3 Å². The predicted molar refractivity (Wildman–Crippen MR) is 117 cm³/mol. The van der Waals surface area contributed by atoms with Gasteiger partial charge in [-0.15, -0.1) is 0 Å². The van der Waals surface area contributed by atoms with Crippen molar-refractivity contribution in [3.05, 3.63) is 93.4 Å². The zero-order chi connectivity index (χ0) is 23.8. The van der Waals surface area contributed by atoms with Crippen LogP contribution in [0.5, 0.6) is 0 Å². The fraction of sp³-hybridized carbons (Fsp3) is 0.292. The van der Waals surface area contributed by atoms with Gasteiger partial charge in [0.1, 0.15) is 0 Å². The molecule has 1 fully saturated rings. The van der Waals surface area contributed by atoms with Crippen molar-refractivity contribution in [1.82, 2.24) is 19.6 Å². The van der Waals surface area contributed by atoms with E-state index in [1.54, 1.807) is 11.8 Å². The van der Waals surface area contributed by atoms with Crippen molar-refractivity contribution < 1.29 is 18.0 Å². The number of aromatic nitrogens is 2. The maximum Gasteiger partial charge on any atom is 0.416 e. The molecule has 0 spiro atoms. The first-order chi connectivity index (χ1) is 15.6. The molecule has 0 bridgehead atoms. The Bertz CT molecular complexity index is 1220. The van der Waals surface area contributed by atoms with Gasteiger partial charge in [0, 0.05) is 31.4 Å². The van der Waals surface area contributed by atoms with Crippen LogP contribution in [0.25, 0.3) is 5.69 Å². The summed E-state index contributed by atoms with van der Waals surface area (Å²) >= 11 is 0. The Labute approximate surface area is 188 Å². The van der Waals surface area contributed by atoms with E-state index in [9.17, 15) is 22.8 Å². The van der Waals surface area contributed by atoms with E-state index >= 15 is 0 Å². The van der Waals surface area contributed by atoms with Gasteiger partial charge in [-0.1, -0.05) is 36.4 Å². The van der Waals surface area contributed by atoms with Gasteiger partial charge in [-0.25, -0.2) is 4.68 Å². The lowest BCUT2D eigenvalue weighted by Gasteiger charge is -2.40. The number of alkyl halides is 3. The molecule has 1 atom stereocenters. The SMILES string of the molecule is Cc1cc(=O)c(C(=O)N2CCN(C)CC2c2ccccc2)nn1-c1cccc(C(F)(F)F)c1. The lowest BCUT2D eigenvalue weighted by atomic mass is 10.0. The Morgan fingerprint density at radius 3 is 2.45 bits per heavy atom. The Balaban J connectivity index is 1.75. The molecule has 2 aromatic carbocycles. The number of carbonyl (C=O) groups excluding carboxylic acids is 1. The lowest BCUT2D eigenvalue weighted by molar-refractivity contribution is -0.137. The van der Waals surface area contributed by atoms with Crippen molar-refractivity contribution in [3.8, 4) is 5.69 Å². The van der Waals surface area contributed by atoms with Gasteiger partial charge in [0.05, 0.1) is 17.3 Å². The summed E-state index contributed by atoms with van der Waals surface area (Å²) < 4.78 is 40.8. The molecule has 1 aliphatic rings. The third kappa shape index (κ3) is 4.68. The number of aryl methyl sites for hydroxylation is 1. The van der Waals surface area contributed by atoms with E-state index in [0.717, 1.165) is 17.7 Å². The molecule has 1 amide bonds. The maximum atomic E-state index is 13.5. The summed E-state index contributed by atoms with van der Waals surface area (Å²) in [5, 5.41) is 4.22. The highest BCUT2D eigenvalue weighted by Crippen LogP contribution is 2.30. The molecule has 6 nitrogen and oxygen atoms in total. The van der Waals surface area contributed by atoms with Gasteiger partial charge in [-0.3, -0.25) is 9.59 Å². The molecule has 9 heteroatoms. The van der Waals surface area contributed by atoms with Crippen LogP contribution in [0.1, 0.15) is 33.4 Å². The zero-order valence-corrected chi connectivity index (χ0v) is 18.2. The topological polar surface area (TPSA) is 58.4 Å². The van der Waals surface area contributed by atoms with Gasteiger partial charge in [0.2, 0.25) is 5.43 Å². The molecule has 2 heterocycles. The van der Waals surface area contributed by atoms with Crippen LogP contribution in [0.15, 0.2) is 65.5 Å². The summed E-state index contributed by atoms with van der Waals surface area (Å²) in [6.45, 7) is 3.17. The van der Waals surface area contributed by atoms with Crippen molar-refractivity contribution in [3.63, 3.8) is 0 Å². The fourth-order valence-electron chi connectivity index (χ4n) is 4.03. The number of halogens is 3. The van der Waals surface area contributed by atoms with E-state index in [0.29, 0.717) is 25.3 Å². The van der Waals surface area contributed by atoms with Crippen molar-refractivity contribution in [2.75, 3.05) is 26.7 Å². The van der Waals surface area contributed by atoms with Crippen LogP contribution in [0.4, 0.5) is 13.2 Å². The van der Waals surface area contributed by atoms with E-state index in [4.69, 9.17) is 0 Å². The molecular formula is C24H23F3N4O2. The van der Waals surface area contributed by atoms with Crippen molar-refractivity contribution in [2.24, 2.45) is 0 Å². The summed E-state index contributed by atoms with van der Waals surface area (Å²) in [5.74, 6) is -0.539. The van der Waals surface area contributed by atoms with Gasteiger partial charge < -0.3 is 9.80 Å². The smallest absolute Gasteiger partial charge is 0.328 e. The number of nitrogens with zero attached hydrogens (tertiary/aromatic N) is 4. The number of hydrogen-bond donors (Lipinski definition) is 0. The number of hydrogen-bond acceptors (Lipinski definition) is 4. The molecular weight excluding hydrogens is 433 g/mol. The number of carbonyl (C=O) groups is 1. The summed E-state index contributed by atoms with van der Waals surface area (Å²) in [6.07, 6.45) is -4.52. The number of rotatable bonds is 3. The summed E-state index contributed by atoms with van der Waals surface area (Å²) in [5.41, 5.74) is -0.336. The zero-order valence-electron chi connectivity index (χ0n) is 18.2. The Morgan fingerprint density at radius 2 is 1.76 bits per heavy atom. The van der Waals surface area contributed by atoms with Crippen LogP contribution in [-0.2, 0) is 6.18 Å². The molecule has 4 rings (SSSR count). The average molecular weight is 456 g/mol. The first kappa shape index (κ1) is 22.7. The molecule has 0 N–H and O–H groups in total. The monoisotopic (exact) mass is 456 g/mol. The largest absolute Gasteiger partial charge is 0.416 e. The molecule has 33 heavy (non-hydrogen) atoms. The Hall–Kier alpha value is -3.46. The van der Waals surface area contributed by atoms with Crippen molar-refractivity contribution in [1.29, 1.82) is 0 Å². The van der Waals surface area contributed by atoms with Gasteiger partial charge in [0.25, 0.3) is 5.91 Å². The summed E-state index contributed by atoms with van der Waals surface area (Å²) in [4.78, 5) is 29.9. The second-order valence-corrected chi connectivity index (χ2v) is 8.15. The maximum absolute atomic E-state index is 13.5. The second-order valence-electron chi connectivity index (χ2n) is 8.15. The van der Waals surface area contributed by atoms with Crippen LogP contribution in [0, 0.1) is 6.92 Å². The molecule has 1 aromatic heterocycles. The predicted octanol–water partition coefficient (Wildman–Crippen LogP) is 3.69. The third-order valence-electron chi connectivity index (χ3n) is 5.76. The van der Waals surface area contributed by atoms with Crippen molar-refractivity contribution >= 4 is 5.91 Å². The molecule has 1 saturated heterocycles. The van der Waals surface area contributed by atoms with E-state index in [1.807, 2.05) is 37.4 Å². The van der Waals surface area contributed by atoms with Gasteiger partial charge in [-0.05, 0) is 37.7 Å². The normalized spacial score (nSPS) is 17.2. The highest BCUT2D eigenvalue weighted by Gasteiger charge is 2.33. The van der Waals surface area contributed by atoms with E-state index in [2.05, 4.69) is 10.00 Å². The molecule has 0 aliphatic carbocycles. The van der Waals surface area contributed by atoms with E-state index in [1.165, 1.54) is 22.9 Å². The lowest BCUT2D eigenvalue weighted by Crippen LogP contribution is -2.50. The van der Waals surface area contributed by atoms with E-state index in [-0.39, 0.29) is 17.4 Å². The minimum atomic E-state index is -4.52. The molecule has 1 unspecified atom stereocenters. The molecule has 0 radical (unpaired) electrons. The molecule has 0 saturated carbocycles. The molecule has 1 aliphatic heterocycles. The first-order valence-electron chi connectivity index (χ1n) is 10.5. The van der Waals surface area contributed by atoms with Crippen LogP contribution < -0.4 is 5.43 Å². The minimum absolute atomic E-state index is 0.120. The standard InChI is InChI=1S/C24H23F3N4O2/c1-16-13-21(32)22(28-31(16)19-10-6-9-18(14-19)24(25,26)27)23(33)30-12-11-29(2)15-20(30)17-7-4-3-5-8-17/h3-10,13-14,20H,11-12,15H2,1-2H3. The number of piperazine rings is 1. The van der Waals surface area contributed by atoms with Crippen LogP contribution in [0.3, 0.4) is 0 Å². The fourth-order valence-corrected chi connectivity index (χ4v) is 4.03. The highest BCUT2D eigenvalue weighted by atomic mass is 19.4. The van der Waals surface area contributed by atoms with Crippen LogP contribution >= 0.6 is 0 Å². The number of amides is 1. The average Bonchev–Trinajstić information content (AvgIpc) is 2.79. The summed E-state index contributed by atoms with van der Waals surface area (Å²) in [7, 11) is 1.96. The van der Waals surface area contributed by atoms with Gasteiger partial charge in [0.15, 0.2) is 5.69 Å². The molecule has 3 aromatic rings. The Kier molecular flexibility index (Phi) is 6.07. The second kappa shape index (κ2) is 8.82. The minimum Gasteiger partial charge on any atom is -0.328 e. The molecule has 172 valence electrons. The number of likely N-dealkylation sites (N-methyl/N-ethyl adjacent to an activating group) is 1. The Morgan fingerprint density at radius 1 is 1.03 bits per heavy atom. The first-order valence-corrected chi connectivity index (χ1v) is 10.5. The van der Waals surface area contributed by atoms with Gasteiger partial charge >= 0.3 is 6.18 Å².